The molecule has 2 rings (SSSR count). The van der Waals surface area contributed by atoms with Crippen LogP contribution < -0.4 is 5.73 Å². The first-order chi connectivity index (χ1) is 10.1. The molecule has 0 atom stereocenters. The summed E-state index contributed by atoms with van der Waals surface area (Å²) in [5.41, 5.74) is 8.75. The van der Waals surface area contributed by atoms with Gasteiger partial charge in [-0.2, -0.15) is 0 Å². The van der Waals surface area contributed by atoms with E-state index in [1.807, 2.05) is 24.3 Å². The molecule has 0 heterocycles. The van der Waals surface area contributed by atoms with E-state index in [2.05, 4.69) is 33.8 Å². The van der Waals surface area contributed by atoms with Crippen LogP contribution in [0.5, 0.6) is 0 Å². The Morgan fingerprint density at radius 2 is 1.86 bits per heavy atom. The van der Waals surface area contributed by atoms with Gasteiger partial charge in [-0.1, -0.05) is 35.0 Å². The van der Waals surface area contributed by atoms with E-state index in [0.717, 1.165) is 41.8 Å². The number of hydrogen-bond acceptors (Lipinski definition) is 2. The van der Waals surface area contributed by atoms with Crippen LogP contribution in [-0.2, 0) is 13.1 Å². The Morgan fingerprint density at radius 3 is 2.52 bits per heavy atom. The zero-order valence-corrected chi connectivity index (χ0v) is 13.7. The molecule has 0 aliphatic carbocycles. The molecule has 0 aliphatic heterocycles. The van der Waals surface area contributed by atoms with Crippen molar-refractivity contribution >= 4 is 21.6 Å². The fourth-order valence-electron chi connectivity index (χ4n) is 2.44. The minimum Gasteiger partial charge on any atom is -0.399 e. The Balaban J connectivity index is 2.11. The quantitative estimate of drug-likeness (QED) is 0.772. The van der Waals surface area contributed by atoms with Crippen molar-refractivity contribution in [3.8, 4) is 0 Å². The summed E-state index contributed by atoms with van der Waals surface area (Å²) in [5.74, 6) is -0.209. The lowest BCUT2D eigenvalue weighted by atomic mass is 10.1. The Labute approximate surface area is 133 Å². The standard InChI is InChI=1S/C17H20BrFN2/c1-2-6-21(11-13-4-3-5-17(20)9-13)12-14-7-15(18)10-16(19)8-14/h3-5,7-10H,2,6,11-12,20H2,1H3. The topological polar surface area (TPSA) is 29.3 Å². The van der Waals surface area contributed by atoms with E-state index in [-0.39, 0.29) is 5.82 Å². The number of rotatable bonds is 6. The summed E-state index contributed by atoms with van der Waals surface area (Å²) < 4.78 is 14.3. The molecule has 0 bridgehead atoms. The van der Waals surface area contributed by atoms with Crippen molar-refractivity contribution in [1.29, 1.82) is 0 Å². The highest BCUT2D eigenvalue weighted by Gasteiger charge is 2.08. The molecule has 2 aromatic carbocycles. The third kappa shape index (κ3) is 5.14. The first-order valence-electron chi connectivity index (χ1n) is 7.08. The van der Waals surface area contributed by atoms with Crippen molar-refractivity contribution in [2.24, 2.45) is 0 Å². The third-order valence-electron chi connectivity index (χ3n) is 3.23. The van der Waals surface area contributed by atoms with Crippen LogP contribution in [0, 0.1) is 5.82 Å². The van der Waals surface area contributed by atoms with E-state index < -0.39 is 0 Å². The van der Waals surface area contributed by atoms with Gasteiger partial charge in [0.15, 0.2) is 0 Å². The van der Waals surface area contributed by atoms with Crippen LogP contribution in [0.3, 0.4) is 0 Å². The number of halogens is 2. The minimum absolute atomic E-state index is 0.209. The van der Waals surface area contributed by atoms with Crippen molar-refractivity contribution in [2.75, 3.05) is 12.3 Å². The molecule has 4 heteroatoms. The van der Waals surface area contributed by atoms with E-state index in [9.17, 15) is 4.39 Å². The van der Waals surface area contributed by atoms with E-state index in [0.29, 0.717) is 0 Å². The molecule has 0 radical (unpaired) electrons. The summed E-state index contributed by atoms with van der Waals surface area (Å²) in [4.78, 5) is 2.30. The summed E-state index contributed by atoms with van der Waals surface area (Å²) in [6, 6.07) is 12.9. The largest absolute Gasteiger partial charge is 0.399 e. The summed E-state index contributed by atoms with van der Waals surface area (Å²) in [5, 5.41) is 0. The van der Waals surface area contributed by atoms with Crippen molar-refractivity contribution < 1.29 is 4.39 Å². The van der Waals surface area contributed by atoms with Crippen molar-refractivity contribution in [1.82, 2.24) is 4.90 Å². The Kier molecular flexibility index (Phi) is 5.76. The Hall–Kier alpha value is -1.39. The molecule has 2 N–H and O–H groups in total. The van der Waals surface area contributed by atoms with Crippen molar-refractivity contribution in [3.63, 3.8) is 0 Å². The molecule has 0 saturated carbocycles. The Bertz CT molecular complexity index is 581. The maximum absolute atomic E-state index is 13.5. The van der Waals surface area contributed by atoms with Gasteiger partial charge in [0.25, 0.3) is 0 Å². The lowest BCUT2D eigenvalue weighted by molar-refractivity contribution is 0.257. The number of nitrogens with zero attached hydrogens (tertiary/aromatic N) is 1. The molecule has 0 spiro atoms. The van der Waals surface area contributed by atoms with Crippen LogP contribution in [-0.4, -0.2) is 11.4 Å². The lowest BCUT2D eigenvalue weighted by Crippen LogP contribution is -2.23. The molecule has 0 saturated heterocycles. The van der Waals surface area contributed by atoms with Crippen LogP contribution in [0.25, 0.3) is 0 Å². The van der Waals surface area contributed by atoms with Gasteiger partial charge in [-0.05, 0) is 54.4 Å². The average molecular weight is 351 g/mol. The highest BCUT2D eigenvalue weighted by molar-refractivity contribution is 9.10. The number of hydrogen-bond donors (Lipinski definition) is 1. The van der Waals surface area contributed by atoms with Gasteiger partial charge >= 0.3 is 0 Å². The van der Waals surface area contributed by atoms with Crippen LogP contribution in [0.2, 0.25) is 0 Å². The monoisotopic (exact) mass is 350 g/mol. The normalized spacial score (nSPS) is 11.0. The zero-order valence-electron chi connectivity index (χ0n) is 12.2. The first-order valence-corrected chi connectivity index (χ1v) is 7.88. The maximum Gasteiger partial charge on any atom is 0.124 e. The predicted molar refractivity (Wildman–Crippen MR) is 89.4 cm³/mol. The molecular formula is C17H20BrFN2. The average Bonchev–Trinajstić information content (AvgIpc) is 2.37. The predicted octanol–water partition coefficient (Wildman–Crippen LogP) is 4.58. The van der Waals surface area contributed by atoms with Gasteiger partial charge in [0.2, 0.25) is 0 Å². The number of nitrogen functional groups attached to an aromatic ring is 1. The molecule has 0 unspecified atom stereocenters. The second-order valence-electron chi connectivity index (χ2n) is 5.23. The molecule has 112 valence electrons. The van der Waals surface area contributed by atoms with Crippen LogP contribution in [0.15, 0.2) is 46.9 Å². The SMILES string of the molecule is CCCN(Cc1cccc(N)c1)Cc1cc(F)cc(Br)c1. The fraction of sp³-hybridized carbons (Fsp3) is 0.294. The molecule has 2 nitrogen and oxygen atoms in total. The number of anilines is 1. The van der Waals surface area contributed by atoms with Crippen LogP contribution in [0.1, 0.15) is 24.5 Å². The first kappa shape index (κ1) is 16.0. The van der Waals surface area contributed by atoms with Crippen molar-refractivity contribution in [3.05, 3.63) is 63.9 Å². The fourth-order valence-corrected chi connectivity index (χ4v) is 2.95. The molecule has 21 heavy (non-hydrogen) atoms. The van der Waals surface area contributed by atoms with E-state index in [4.69, 9.17) is 5.73 Å². The second-order valence-corrected chi connectivity index (χ2v) is 6.15. The van der Waals surface area contributed by atoms with Gasteiger partial charge < -0.3 is 5.73 Å². The van der Waals surface area contributed by atoms with E-state index >= 15 is 0 Å². The van der Waals surface area contributed by atoms with Crippen LogP contribution in [0.4, 0.5) is 10.1 Å². The lowest BCUT2D eigenvalue weighted by Gasteiger charge is -2.22. The third-order valence-corrected chi connectivity index (χ3v) is 3.68. The molecule has 2 aromatic rings. The van der Waals surface area contributed by atoms with Crippen molar-refractivity contribution in [2.45, 2.75) is 26.4 Å². The smallest absolute Gasteiger partial charge is 0.124 e. The summed E-state index contributed by atoms with van der Waals surface area (Å²) in [7, 11) is 0. The molecule has 0 aromatic heterocycles. The minimum atomic E-state index is -0.209. The highest BCUT2D eigenvalue weighted by Crippen LogP contribution is 2.18. The van der Waals surface area contributed by atoms with Gasteiger partial charge in [-0.15, -0.1) is 0 Å². The summed E-state index contributed by atoms with van der Waals surface area (Å²) in [6.07, 6.45) is 1.05. The van der Waals surface area contributed by atoms with Gasteiger partial charge in [-0.25, -0.2) is 4.39 Å². The van der Waals surface area contributed by atoms with Gasteiger partial charge in [0.05, 0.1) is 0 Å². The summed E-state index contributed by atoms with van der Waals surface area (Å²) in [6.45, 7) is 4.64. The number of nitrogens with two attached hydrogens (primary N) is 1. The van der Waals surface area contributed by atoms with Gasteiger partial charge in [-0.3, -0.25) is 4.90 Å². The second kappa shape index (κ2) is 7.57. The van der Waals surface area contributed by atoms with Gasteiger partial charge in [0, 0.05) is 23.2 Å². The molecular weight excluding hydrogens is 331 g/mol. The Morgan fingerprint density at radius 1 is 1.10 bits per heavy atom. The van der Waals surface area contributed by atoms with Gasteiger partial charge in [0.1, 0.15) is 5.82 Å². The summed E-state index contributed by atoms with van der Waals surface area (Å²) >= 11 is 3.34. The molecule has 0 fully saturated rings. The highest BCUT2D eigenvalue weighted by atomic mass is 79.9. The molecule has 0 aliphatic rings. The zero-order chi connectivity index (χ0) is 15.2. The number of benzene rings is 2. The maximum atomic E-state index is 13.5. The van der Waals surface area contributed by atoms with Crippen LogP contribution >= 0.6 is 15.9 Å². The van der Waals surface area contributed by atoms with E-state index in [1.54, 1.807) is 6.07 Å². The molecule has 0 amide bonds. The van der Waals surface area contributed by atoms with E-state index in [1.165, 1.54) is 11.6 Å².